The molecular weight excluding hydrogens is 288 g/mol. The molecule has 2 aliphatic rings. The van der Waals surface area contributed by atoms with E-state index in [0.717, 1.165) is 32.2 Å². The Morgan fingerprint density at radius 2 is 1.91 bits per heavy atom. The van der Waals surface area contributed by atoms with Gasteiger partial charge in [-0.25, -0.2) is 0 Å². The second-order valence-corrected chi connectivity index (χ2v) is 7.06. The molecular formula is C19H28N2O2. The Balaban J connectivity index is 1.57. The van der Waals surface area contributed by atoms with Crippen molar-refractivity contribution in [2.45, 2.75) is 50.0 Å². The van der Waals surface area contributed by atoms with Crippen molar-refractivity contribution in [1.82, 2.24) is 10.2 Å². The van der Waals surface area contributed by atoms with Gasteiger partial charge in [-0.3, -0.25) is 9.69 Å². The zero-order valence-electron chi connectivity index (χ0n) is 13.8. The highest BCUT2D eigenvalue weighted by atomic mass is 16.3. The van der Waals surface area contributed by atoms with Gasteiger partial charge < -0.3 is 10.4 Å². The van der Waals surface area contributed by atoms with Crippen LogP contribution in [0, 0.1) is 0 Å². The molecule has 0 unspecified atom stereocenters. The van der Waals surface area contributed by atoms with Crippen molar-refractivity contribution in [1.29, 1.82) is 0 Å². The fraction of sp³-hybridized carbons (Fsp3) is 0.632. The molecule has 2 fully saturated rings. The van der Waals surface area contributed by atoms with Crippen LogP contribution in [0.4, 0.5) is 0 Å². The summed E-state index contributed by atoms with van der Waals surface area (Å²) < 4.78 is 0. The predicted octanol–water partition coefficient (Wildman–Crippen LogP) is 2.07. The second kappa shape index (κ2) is 7.45. The number of hydrogen-bond acceptors (Lipinski definition) is 3. The summed E-state index contributed by atoms with van der Waals surface area (Å²) >= 11 is 0. The first-order chi connectivity index (χ1) is 11.2. The molecule has 4 nitrogen and oxygen atoms in total. The minimum Gasteiger partial charge on any atom is -0.395 e. The second-order valence-electron chi connectivity index (χ2n) is 7.06. The van der Waals surface area contributed by atoms with Crippen LogP contribution in [-0.4, -0.2) is 48.2 Å². The van der Waals surface area contributed by atoms with Gasteiger partial charge in [-0.15, -0.1) is 0 Å². The number of rotatable bonds is 8. The van der Waals surface area contributed by atoms with Crippen molar-refractivity contribution in [3.8, 4) is 0 Å². The van der Waals surface area contributed by atoms with Gasteiger partial charge in [0.25, 0.3) is 0 Å². The Labute approximate surface area is 138 Å². The highest BCUT2D eigenvalue weighted by Crippen LogP contribution is 2.40. The van der Waals surface area contributed by atoms with Crippen LogP contribution in [0.2, 0.25) is 0 Å². The van der Waals surface area contributed by atoms with Crippen LogP contribution in [0.3, 0.4) is 0 Å². The number of carbonyl (C=O) groups excluding carboxylic acids is 1. The number of aliphatic hydroxyl groups is 1. The number of nitrogens with one attached hydrogen (secondary N) is 1. The number of carbonyl (C=O) groups is 1. The van der Waals surface area contributed by atoms with Crippen molar-refractivity contribution in [3.05, 3.63) is 35.9 Å². The molecule has 0 heterocycles. The first kappa shape index (κ1) is 16.5. The molecule has 23 heavy (non-hydrogen) atoms. The lowest BCUT2D eigenvalue weighted by atomic mass is 9.79. The lowest BCUT2D eigenvalue weighted by molar-refractivity contribution is -0.122. The van der Waals surface area contributed by atoms with Crippen LogP contribution in [0.25, 0.3) is 0 Å². The van der Waals surface area contributed by atoms with E-state index < -0.39 is 0 Å². The minimum atomic E-state index is 0.0903. The fourth-order valence-electron chi connectivity index (χ4n) is 3.88. The lowest BCUT2D eigenvalue weighted by Crippen LogP contribution is -2.44. The van der Waals surface area contributed by atoms with E-state index in [1.54, 1.807) is 0 Å². The monoisotopic (exact) mass is 316 g/mol. The number of nitrogens with zero attached hydrogens (tertiary/aromatic N) is 1. The van der Waals surface area contributed by atoms with Gasteiger partial charge in [0.2, 0.25) is 5.91 Å². The molecule has 2 saturated carbocycles. The van der Waals surface area contributed by atoms with Crippen molar-refractivity contribution < 1.29 is 9.90 Å². The molecule has 1 aromatic carbocycles. The summed E-state index contributed by atoms with van der Waals surface area (Å²) in [6.45, 7) is 1.86. The Morgan fingerprint density at radius 3 is 2.52 bits per heavy atom. The molecule has 1 amide bonds. The zero-order valence-corrected chi connectivity index (χ0v) is 13.8. The highest BCUT2D eigenvalue weighted by molar-refractivity contribution is 5.78. The summed E-state index contributed by atoms with van der Waals surface area (Å²) in [5, 5.41) is 12.3. The van der Waals surface area contributed by atoms with Gasteiger partial charge in [-0.2, -0.15) is 0 Å². The summed E-state index contributed by atoms with van der Waals surface area (Å²) in [7, 11) is 0. The summed E-state index contributed by atoms with van der Waals surface area (Å²) in [6.07, 6.45) is 7.09. The molecule has 0 radical (unpaired) electrons. The number of benzene rings is 1. The molecule has 0 atom stereocenters. The van der Waals surface area contributed by atoms with Gasteiger partial charge in [-0.1, -0.05) is 43.2 Å². The predicted molar refractivity (Wildman–Crippen MR) is 91.3 cm³/mol. The lowest BCUT2D eigenvalue weighted by Gasteiger charge is -2.30. The van der Waals surface area contributed by atoms with E-state index >= 15 is 0 Å². The third kappa shape index (κ3) is 4.12. The van der Waals surface area contributed by atoms with E-state index in [4.69, 9.17) is 5.11 Å². The third-order valence-electron chi connectivity index (χ3n) is 5.37. The average Bonchev–Trinajstić information content (AvgIpc) is 3.31. The van der Waals surface area contributed by atoms with Gasteiger partial charge in [0.15, 0.2) is 0 Å². The molecule has 0 spiro atoms. The van der Waals surface area contributed by atoms with Crippen LogP contribution in [-0.2, 0) is 10.2 Å². The Morgan fingerprint density at radius 1 is 1.22 bits per heavy atom. The number of hydrogen-bond donors (Lipinski definition) is 2. The van der Waals surface area contributed by atoms with E-state index in [-0.39, 0.29) is 17.9 Å². The van der Waals surface area contributed by atoms with E-state index in [1.807, 2.05) is 6.07 Å². The molecule has 3 rings (SSSR count). The largest absolute Gasteiger partial charge is 0.395 e. The van der Waals surface area contributed by atoms with Gasteiger partial charge in [0.05, 0.1) is 13.2 Å². The van der Waals surface area contributed by atoms with Crippen molar-refractivity contribution >= 4 is 5.91 Å². The molecule has 4 heteroatoms. The molecule has 126 valence electrons. The Hall–Kier alpha value is -1.39. The molecule has 1 aromatic rings. The van der Waals surface area contributed by atoms with Gasteiger partial charge in [0, 0.05) is 24.5 Å². The standard InChI is InChI=1S/C19H28N2O2/c22-13-12-21(17-8-9-17)14-18(23)20-15-19(10-4-5-11-19)16-6-2-1-3-7-16/h1-3,6-7,17,22H,4-5,8-15H2,(H,20,23). The quantitative estimate of drug-likeness (QED) is 0.772. The maximum absolute atomic E-state index is 12.4. The summed E-state index contributed by atoms with van der Waals surface area (Å²) in [4.78, 5) is 14.5. The number of amides is 1. The Kier molecular flexibility index (Phi) is 5.34. The SMILES string of the molecule is O=C(CN(CCO)C1CC1)NCC1(c2ccccc2)CCCC1. The topological polar surface area (TPSA) is 52.6 Å². The highest BCUT2D eigenvalue weighted by Gasteiger charge is 2.36. The first-order valence-electron chi connectivity index (χ1n) is 8.91. The molecule has 0 saturated heterocycles. The van der Waals surface area contributed by atoms with Crippen molar-refractivity contribution in [2.24, 2.45) is 0 Å². The average molecular weight is 316 g/mol. The van der Waals surface area contributed by atoms with E-state index in [2.05, 4.69) is 34.5 Å². The molecule has 0 aliphatic heterocycles. The summed E-state index contributed by atoms with van der Waals surface area (Å²) in [5.41, 5.74) is 1.46. The summed E-state index contributed by atoms with van der Waals surface area (Å²) in [6, 6.07) is 11.1. The molecule has 2 N–H and O–H groups in total. The van der Waals surface area contributed by atoms with Gasteiger partial charge in [0.1, 0.15) is 0 Å². The van der Waals surface area contributed by atoms with Gasteiger partial charge >= 0.3 is 0 Å². The minimum absolute atomic E-state index is 0.0903. The summed E-state index contributed by atoms with van der Waals surface area (Å²) in [5.74, 6) is 0.0903. The zero-order chi connectivity index (χ0) is 16.1. The number of aliphatic hydroxyl groups excluding tert-OH is 1. The molecule has 0 bridgehead atoms. The molecule has 0 aromatic heterocycles. The fourth-order valence-corrected chi connectivity index (χ4v) is 3.88. The first-order valence-corrected chi connectivity index (χ1v) is 8.91. The van der Waals surface area contributed by atoms with Crippen LogP contribution in [0.5, 0.6) is 0 Å². The maximum Gasteiger partial charge on any atom is 0.234 e. The smallest absolute Gasteiger partial charge is 0.234 e. The molecule has 2 aliphatic carbocycles. The van der Waals surface area contributed by atoms with E-state index in [9.17, 15) is 4.79 Å². The Bertz CT molecular complexity index is 507. The van der Waals surface area contributed by atoms with Crippen LogP contribution in [0.15, 0.2) is 30.3 Å². The van der Waals surface area contributed by atoms with Crippen LogP contribution < -0.4 is 5.32 Å². The third-order valence-corrected chi connectivity index (χ3v) is 5.37. The van der Waals surface area contributed by atoms with Crippen molar-refractivity contribution in [3.63, 3.8) is 0 Å². The van der Waals surface area contributed by atoms with Crippen LogP contribution in [0.1, 0.15) is 44.1 Å². The maximum atomic E-state index is 12.4. The normalized spacial score (nSPS) is 19.9. The van der Waals surface area contributed by atoms with Gasteiger partial charge in [-0.05, 0) is 31.2 Å². The van der Waals surface area contributed by atoms with Crippen LogP contribution >= 0.6 is 0 Å². The van der Waals surface area contributed by atoms with E-state index in [0.29, 0.717) is 19.1 Å². The van der Waals surface area contributed by atoms with E-state index in [1.165, 1.54) is 18.4 Å². The van der Waals surface area contributed by atoms with Crippen molar-refractivity contribution in [2.75, 3.05) is 26.2 Å².